The number of fused-ring (bicyclic) bond motifs is 3. The van der Waals surface area contributed by atoms with Crippen LogP contribution in [0, 0.1) is 0 Å². The third-order valence-corrected chi connectivity index (χ3v) is 4.56. The fraction of sp³-hybridized carbons (Fsp3) is 0. The minimum Gasteiger partial charge on any atom is -0.354 e. The predicted octanol–water partition coefficient (Wildman–Crippen LogP) is 5.98. The molecule has 5 aromatic rings. The third kappa shape index (κ3) is 2.04. The molecule has 0 radical (unpaired) electrons. The number of hydrogen-bond donors (Lipinski definition) is 2. The molecule has 0 amide bonds. The van der Waals surface area contributed by atoms with Crippen LogP contribution in [-0.2, 0) is 0 Å². The molecule has 2 aromatic heterocycles. The zero-order chi connectivity index (χ0) is 15.9. The van der Waals surface area contributed by atoms with Crippen molar-refractivity contribution in [3.8, 4) is 22.5 Å². The number of hydrogen-bond acceptors (Lipinski definition) is 0. The van der Waals surface area contributed by atoms with Crippen molar-refractivity contribution in [1.82, 2.24) is 9.97 Å². The van der Waals surface area contributed by atoms with E-state index in [1.165, 1.54) is 27.4 Å². The van der Waals surface area contributed by atoms with E-state index in [-0.39, 0.29) is 0 Å². The molecule has 0 aliphatic carbocycles. The quantitative estimate of drug-likeness (QED) is 0.402. The van der Waals surface area contributed by atoms with Crippen molar-refractivity contribution in [2.75, 3.05) is 0 Å². The van der Waals surface area contributed by atoms with Gasteiger partial charge in [0.2, 0.25) is 0 Å². The zero-order valence-electron chi connectivity index (χ0n) is 13.1. The van der Waals surface area contributed by atoms with Crippen LogP contribution in [0.5, 0.6) is 0 Å². The van der Waals surface area contributed by atoms with Crippen LogP contribution in [0.2, 0.25) is 0 Å². The lowest BCUT2D eigenvalue weighted by Gasteiger charge is -1.95. The number of benzene rings is 3. The van der Waals surface area contributed by atoms with Crippen LogP contribution in [0.4, 0.5) is 0 Å². The molecule has 0 saturated heterocycles. The first-order valence-corrected chi connectivity index (χ1v) is 8.14. The van der Waals surface area contributed by atoms with E-state index in [9.17, 15) is 0 Å². The van der Waals surface area contributed by atoms with Gasteiger partial charge in [0.25, 0.3) is 0 Å². The normalized spacial score (nSPS) is 11.3. The molecule has 2 N–H and O–H groups in total. The highest BCUT2D eigenvalue weighted by Gasteiger charge is 2.10. The van der Waals surface area contributed by atoms with E-state index in [1.807, 2.05) is 12.1 Å². The van der Waals surface area contributed by atoms with E-state index in [4.69, 9.17) is 0 Å². The molecule has 0 unspecified atom stereocenters. The summed E-state index contributed by atoms with van der Waals surface area (Å²) >= 11 is 0. The Kier molecular flexibility index (Phi) is 2.83. The first-order chi connectivity index (χ1) is 11.9. The number of nitrogens with one attached hydrogen (secondary N) is 2. The summed E-state index contributed by atoms with van der Waals surface area (Å²) in [6, 6.07) is 29.7. The molecule has 0 aliphatic heterocycles. The van der Waals surface area contributed by atoms with Gasteiger partial charge in [0.05, 0.1) is 5.52 Å². The Morgan fingerprint density at radius 2 is 1.17 bits per heavy atom. The number of aromatic amines is 2. The predicted molar refractivity (Wildman–Crippen MR) is 101 cm³/mol. The molecule has 0 atom stereocenters. The van der Waals surface area contributed by atoms with Gasteiger partial charge in [-0.15, -0.1) is 0 Å². The first kappa shape index (κ1) is 13.2. The molecule has 0 aliphatic rings. The highest BCUT2D eigenvalue weighted by atomic mass is 14.8. The van der Waals surface area contributed by atoms with Gasteiger partial charge in [-0.2, -0.15) is 0 Å². The molecule has 3 aromatic carbocycles. The summed E-state index contributed by atoms with van der Waals surface area (Å²) in [4.78, 5) is 7.13. The number of aromatic nitrogens is 2. The van der Waals surface area contributed by atoms with Crippen LogP contribution in [0.1, 0.15) is 0 Å². The largest absolute Gasteiger partial charge is 0.354 e. The highest BCUT2D eigenvalue weighted by molar-refractivity contribution is 6.07. The van der Waals surface area contributed by atoms with Crippen molar-refractivity contribution in [2.24, 2.45) is 0 Å². The van der Waals surface area contributed by atoms with Gasteiger partial charge in [-0.1, -0.05) is 66.7 Å². The van der Waals surface area contributed by atoms with Crippen LogP contribution in [0.3, 0.4) is 0 Å². The molecule has 2 heterocycles. The second kappa shape index (κ2) is 5.14. The molecule has 0 bridgehead atoms. The van der Waals surface area contributed by atoms with Crippen LogP contribution in [0.25, 0.3) is 44.3 Å². The number of H-pyrrole nitrogens is 2. The first-order valence-electron chi connectivity index (χ1n) is 8.14. The second-order valence-corrected chi connectivity index (χ2v) is 6.09. The maximum absolute atomic E-state index is 3.60. The van der Waals surface area contributed by atoms with Gasteiger partial charge in [-0.3, -0.25) is 0 Å². The number of rotatable bonds is 2. The van der Waals surface area contributed by atoms with Crippen molar-refractivity contribution in [1.29, 1.82) is 0 Å². The van der Waals surface area contributed by atoms with Gasteiger partial charge in [0, 0.05) is 27.7 Å². The third-order valence-electron chi connectivity index (χ3n) is 4.56. The molecule has 2 nitrogen and oxygen atoms in total. The van der Waals surface area contributed by atoms with Crippen molar-refractivity contribution >= 4 is 21.8 Å². The van der Waals surface area contributed by atoms with Crippen LogP contribution < -0.4 is 0 Å². The maximum atomic E-state index is 3.60. The van der Waals surface area contributed by atoms with Gasteiger partial charge in [-0.05, 0) is 29.3 Å². The fourth-order valence-corrected chi connectivity index (χ4v) is 3.35. The molecule has 2 heteroatoms. The second-order valence-electron chi connectivity index (χ2n) is 6.09. The Morgan fingerprint density at radius 3 is 1.83 bits per heavy atom. The van der Waals surface area contributed by atoms with E-state index in [1.54, 1.807) is 0 Å². The summed E-state index contributed by atoms with van der Waals surface area (Å²) < 4.78 is 0. The average molecular weight is 308 g/mol. The minimum atomic E-state index is 1.15. The maximum Gasteiger partial charge on any atom is 0.0554 e. The van der Waals surface area contributed by atoms with Crippen LogP contribution >= 0.6 is 0 Å². The van der Waals surface area contributed by atoms with Gasteiger partial charge in [-0.25, -0.2) is 0 Å². The van der Waals surface area contributed by atoms with E-state index in [2.05, 4.69) is 82.8 Å². The van der Waals surface area contributed by atoms with E-state index >= 15 is 0 Å². The Balaban J connectivity index is 1.72. The molecule has 5 rings (SSSR count). The summed E-state index contributed by atoms with van der Waals surface area (Å²) in [6.45, 7) is 0. The summed E-state index contributed by atoms with van der Waals surface area (Å²) in [6.07, 6.45) is 0. The minimum absolute atomic E-state index is 1.15. The average Bonchev–Trinajstić information content (AvgIpc) is 3.27. The Labute approximate surface area is 139 Å². The molecule has 0 saturated carbocycles. The van der Waals surface area contributed by atoms with Gasteiger partial charge in [0.1, 0.15) is 0 Å². The lowest BCUT2D eigenvalue weighted by molar-refractivity contribution is 1.45. The van der Waals surface area contributed by atoms with Crippen molar-refractivity contribution < 1.29 is 0 Å². The highest BCUT2D eigenvalue weighted by Crippen LogP contribution is 2.32. The lowest BCUT2D eigenvalue weighted by atomic mass is 10.1. The SMILES string of the molecule is c1ccc(-c2cc3c(ccc4cc(-c5ccccc5)[nH]c43)[nH]2)cc1. The van der Waals surface area contributed by atoms with E-state index in [0.717, 1.165) is 16.9 Å². The topological polar surface area (TPSA) is 31.6 Å². The smallest absolute Gasteiger partial charge is 0.0554 e. The summed E-state index contributed by atoms with van der Waals surface area (Å²) in [5.41, 5.74) is 7.06. The van der Waals surface area contributed by atoms with Crippen molar-refractivity contribution in [2.45, 2.75) is 0 Å². The molecule has 114 valence electrons. The van der Waals surface area contributed by atoms with Gasteiger partial charge >= 0.3 is 0 Å². The zero-order valence-corrected chi connectivity index (χ0v) is 13.1. The van der Waals surface area contributed by atoms with Crippen molar-refractivity contribution in [3.63, 3.8) is 0 Å². The van der Waals surface area contributed by atoms with Crippen LogP contribution in [-0.4, -0.2) is 9.97 Å². The lowest BCUT2D eigenvalue weighted by Crippen LogP contribution is -1.75. The molecule has 24 heavy (non-hydrogen) atoms. The Morgan fingerprint density at radius 1 is 0.542 bits per heavy atom. The van der Waals surface area contributed by atoms with Crippen LogP contribution in [0.15, 0.2) is 84.9 Å². The summed E-state index contributed by atoms with van der Waals surface area (Å²) in [5, 5.41) is 2.47. The summed E-state index contributed by atoms with van der Waals surface area (Å²) in [7, 11) is 0. The van der Waals surface area contributed by atoms with Gasteiger partial charge < -0.3 is 9.97 Å². The standard InChI is InChI=1S/C22H16N2/c1-3-7-15(8-4-1)20-13-17-11-12-19-18(22(17)24-20)14-21(23-19)16-9-5-2-6-10-16/h1-14,23-24H. The Hall–Kier alpha value is -3.26. The monoisotopic (exact) mass is 308 g/mol. The van der Waals surface area contributed by atoms with Crippen molar-refractivity contribution in [3.05, 3.63) is 84.9 Å². The molecule has 0 fully saturated rings. The molecular weight excluding hydrogens is 292 g/mol. The fourth-order valence-electron chi connectivity index (χ4n) is 3.35. The van der Waals surface area contributed by atoms with Gasteiger partial charge in [0.15, 0.2) is 0 Å². The van der Waals surface area contributed by atoms with E-state index in [0.29, 0.717) is 0 Å². The molecular formula is C22H16N2. The van der Waals surface area contributed by atoms with E-state index < -0.39 is 0 Å². The summed E-state index contributed by atoms with van der Waals surface area (Å²) in [5.74, 6) is 0. The Bertz CT molecular complexity index is 1040. The molecule has 0 spiro atoms.